The van der Waals surface area contributed by atoms with E-state index >= 15 is 0 Å². The zero-order valence-electron chi connectivity index (χ0n) is 15.1. The predicted octanol–water partition coefficient (Wildman–Crippen LogP) is 4.71. The van der Waals surface area contributed by atoms with E-state index in [-0.39, 0.29) is 10.9 Å². The first-order chi connectivity index (χ1) is 12.9. The van der Waals surface area contributed by atoms with Crippen molar-refractivity contribution in [3.8, 4) is 11.5 Å². The molecular formula is C19H19N3O4S. The van der Waals surface area contributed by atoms with Gasteiger partial charge in [0.05, 0.1) is 12.6 Å². The molecule has 0 aliphatic heterocycles. The lowest BCUT2D eigenvalue weighted by Crippen LogP contribution is -2.06. The summed E-state index contributed by atoms with van der Waals surface area (Å²) in [6.07, 6.45) is 3.16. The number of nitrogens with one attached hydrogen (secondary N) is 1. The minimum absolute atomic E-state index is 0.0645. The van der Waals surface area contributed by atoms with Crippen LogP contribution in [-0.2, 0) is 4.79 Å². The highest BCUT2D eigenvalue weighted by Crippen LogP contribution is 2.56. The smallest absolute Gasteiger partial charge is 0.194 e. The van der Waals surface area contributed by atoms with E-state index in [0.29, 0.717) is 27.5 Å². The number of rotatable bonds is 5. The maximum atomic E-state index is 12.1. The summed E-state index contributed by atoms with van der Waals surface area (Å²) in [7, 11) is -1.01. The number of nitrogens with zero attached hydrogens (tertiary/aromatic N) is 2. The zero-order valence-corrected chi connectivity index (χ0v) is 15.9. The predicted molar refractivity (Wildman–Crippen MR) is 108 cm³/mol. The standard InChI is InChI=1S/C19H19N3O4S/c1-12(23)27(3,22-25)18-6-4-5-16-17(7-8-20-19(16)18)21-13-9-14(24)11-15(10-13)26-2/h4-11,24H,1-3H3,(H,20,21). The van der Waals surface area contributed by atoms with Crippen molar-refractivity contribution in [3.63, 3.8) is 0 Å². The van der Waals surface area contributed by atoms with Crippen molar-refractivity contribution >= 4 is 37.6 Å². The maximum Gasteiger partial charge on any atom is 0.194 e. The van der Waals surface area contributed by atoms with Crippen LogP contribution in [0.15, 0.2) is 58.1 Å². The molecule has 1 aromatic heterocycles. The molecule has 140 valence electrons. The van der Waals surface area contributed by atoms with Crippen LogP contribution >= 0.6 is 10.2 Å². The van der Waals surface area contributed by atoms with Crippen LogP contribution in [0, 0.1) is 4.91 Å². The number of anilines is 2. The van der Waals surface area contributed by atoms with E-state index in [1.165, 1.54) is 20.1 Å². The van der Waals surface area contributed by atoms with Crippen molar-refractivity contribution in [2.75, 3.05) is 18.7 Å². The number of carbonyl (C=O) groups is 1. The first kappa shape index (κ1) is 18.7. The van der Waals surface area contributed by atoms with Crippen LogP contribution in [0.3, 0.4) is 0 Å². The Balaban J connectivity index is 2.14. The summed E-state index contributed by atoms with van der Waals surface area (Å²) in [5, 5.41) is 13.5. The Labute approximate surface area is 157 Å². The molecule has 1 unspecified atom stereocenters. The van der Waals surface area contributed by atoms with Crippen molar-refractivity contribution in [2.24, 2.45) is 4.58 Å². The monoisotopic (exact) mass is 385 g/mol. The molecule has 8 heteroatoms. The summed E-state index contributed by atoms with van der Waals surface area (Å²) in [6, 6.07) is 11.9. The molecule has 2 aromatic carbocycles. The summed E-state index contributed by atoms with van der Waals surface area (Å²) >= 11 is 0. The first-order valence-corrected chi connectivity index (χ1v) is 10.0. The average Bonchev–Trinajstić information content (AvgIpc) is 2.66. The highest BCUT2D eigenvalue weighted by Gasteiger charge is 2.30. The number of ether oxygens (including phenoxy) is 1. The number of methoxy groups -OCH3 is 1. The number of nitroso groups, excluding NO2 is 1. The second kappa shape index (κ2) is 7.24. The molecule has 0 fully saturated rings. The lowest BCUT2D eigenvalue weighted by Gasteiger charge is -2.25. The summed E-state index contributed by atoms with van der Waals surface area (Å²) in [5.41, 5.74) is 1.88. The number of fused-ring (bicyclic) bond motifs is 1. The Morgan fingerprint density at radius 2 is 2.04 bits per heavy atom. The van der Waals surface area contributed by atoms with Gasteiger partial charge in [0.15, 0.2) is 5.12 Å². The van der Waals surface area contributed by atoms with E-state index in [4.69, 9.17) is 4.74 Å². The van der Waals surface area contributed by atoms with Gasteiger partial charge in [-0.05, 0) is 33.2 Å². The van der Waals surface area contributed by atoms with Gasteiger partial charge in [-0.15, -0.1) is 4.91 Å². The number of para-hydroxylation sites is 1. The number of aromatic hydroxyl groups is 1. The Morgan fingerprint density at radius 1 is 1.26 bits per heavy atom. The van der Waals surface area contributed by atoms with E-state index in [1.54, 1.807) is 42.8 Å². The number of carbonyl (C=O) groups excluding carboxylic acids is 1. The molecule has 1 atom stereocenters. The Hall–Kier alpha value is -3.13. The van der Waals surface area contributed by atoms with E-state index in [1.807, 2.05) is 6.07 Å². The molecule has 0 radical (unpaired) electrons. The van der Waals surface area contributed by atoms with E-state index in [2.05, 4.69) is 14.9 Å². The lowest BCUT2D eigenvalue weighted by atomic mass is 10.1. The van der Waals surface area contributed by atoms with Crippen LogP contribution in [-0.4, -0.2) is 28.6 Å². The van der Waals surface area contributed by atoms with Crippen molar-refractivity contribution in [1.82, 2.24) is 4.98 Å². The summed E-state index contributed by atoms with van der Waals surface area (Å²) in [6.45, 7) is 1.37. The van der Waals surface area contributed by atoms with E-state index < -0.39 is 10.2 Å². The fraction of sp³-hybridized carbons (Fsp3) is 0.158. The normalized spacial score (nSPS) is 14.2. The van der Waals surface area contributed by atoms with Crippen LogP contribution in [0.1, 0.15) is 6.92 Å². The molecule has 27 heavy (non-hydrogen) atoms. The summed E-state index contributed by atoms with van der Waals surface area (Å²) in [5.74, 6) is 0.574. The molecule has 1 heterocycles. The number of phenols is 1. The minimum atomic E-state index is -2.53. The summed E-state index contributed by atoms with van der Waals surface area (Å²) < 4.78 is 8.33. The van der Waals surface area contributed by atoms with Gasteiger partial charge in [-0.3, -0.25) is 9.78 Å². The van der Waals surface area contributed by atoms with E-state index in [0.717, 1.165) is 5.39 Å². The fourth-order valence-corrected chi connectivity index (χ4v) is 4.13. The second-order valence-corrected chi connectivity index (χ2v) is 8.91. The fourth-order valence-electron chi connectivity index (χ4n) is 2.76. The number of pyridine rings is 1. The Morgan fingerprint density at radius 3 is 2.70 bits per heavy atom. The van der Waals surface area contributed by atoms with Gasteiger partial charge in [-0.1, -0.05) is 12.1 Å². The molecule has 0 amide bonds. The van der Waals surface area contributed by atoms with Gasteiger partial charge in [-0.2, -0.15) is 0 Å². The molecule has 0 aliphatic rings. The highest BCUT2D eigenvalue weighted by molar-refractivity contribution is 8.43. The van der Waals surface area contributed by atoms with Gasteiger partial charge >= 0.3 is 0 Å². The van der Waals surface area contributed by atoms with E-state index in [9.17, 15) is 14.8 Å². The third-order valence-corrected chi connectivity index (χ3v) is 6.88. The molecular weight excluding hydrogens is 366 g/mol. The van der Waals surface area contributed by atoms with Gasteiger partial charge in [0.2, 0.25) is 0 Å². The van der Waals surface area contributed by atoms with Crippen LogP contribution in [0.2, 0.25) is 0 Å². The van der Waals surface area contributed by atoms with Crippen molar-refractivity contribution in [2.45, 2.75) is 11.8 Å². The van der Waals surface area contributed by atoms with Gasteiger partial charge in [0, 0.05) is 53.0 Å². The van der Waals surface area contributed by atoms with Gasteiger partial charge in [0.25, 0.3) is 0 Å². The third-order valence-electron chi connectivity index (χ3n) is 4.28. The number of aromatic nitrogens is 1. The SMILES string of the molecule is COc1cc(O)cc(Nc2ccnc3c(S(C)(N=O)C(C)=O)cccc23)c1. The first-order valence-electron chi connectivity index (χ1n) is 8.05. The molecule has 3 rings (SSSR count). The topological polar surface area (TPSA) is 101 Å². The molecule has 0 bridgehead atoms. The number of hydrogen-bond donors (Lipinski definition) is 2. The average molecular weight is 385 g/mol. The molecule has 7 nitrogen and oxygen atoms in total. The minimum Gasteiger partial charge on any atom is -0.508 e. The Bertz CT molecular complexity index is 1040. The van der Waals surface area contributed by atoms with Crippen LogP contribution < -0.4 is 10.1 Å². The molecule has 0 aliphatic carbocycles. The zero-order chi connectivity index (χ0) is 19.6. The third kappa shape index (κ3) is 3.43. The van der Waals surface area contributed by atoms with Gasteiger partial charge < -0.3 is 15.2 Å². The molecule has 0 spiro atoms. The van der Waals surface area contributed by atoms with Crippen LogP contribution in [0.4, 0.5) is 11.4 Å². The highest BCUT2D eigenvalue weighted by atomic mass is 32.3. The van der Waals surface area contributed by atoms with Crippen molar-refractivity contribution in [3.05, 3.63) is 53.6 Å². The number of benzene rings is 2. The maximum absolute atomic E-state index is 12.1. The lowest BCUT2D eigenvalue weighted by molar-refractivity contribution is -0.109. The number of hydrogen-bond acceptors (Lipinski definition) is 7. The molecule has 0 saturated carbocycles. The van der Waals surface area contributed by atoms with Crippen molar-refractivity contribution in [1.29, 1.82) is 0 Å². The molecule has 3 aromatic rings. The summed E-state index contributed by atoms with van der Waals surface area (Å²) in [4.78, 5) is 28.5. The molecule has 2 N–H and O–H groups in total. The second-order valence-electron chi connectivity index (χ2n) is 6.00. The quantitative estimate of drug-likeness (QED) is 0.617. The van der Waals surface area contributed by atoms with Gasteiger partial charge in [-0.25, -0.2) is 0 Å². The Kier molecular flexibility index (Phi) is 5.00. The van der Waals surface area contributed by atoms with Crippen LogP contribution in [0.5, 0.6) is 11.5 Å². The van der Waals surface area contributed by atoms with Crippen LogP contribution in [0.25, 0.3) is 10.9 Å². The largest absolute Gasteiger partial charge is 0.508 e. The number of phenolic OH excluding ortho intramolecular Hbond substituents is 1. The van der Waals surface area contributed by atoms with Crippen molar-refractivity contribution < 1.29 is 14.6 Å². The molecule has 0 saturated heterocycles. The van der Waals surface area contributed by atoms with Gasteiger partial charge in [0.1, 0.15) is 11.5 Å².